The first kappa shape index (κ1) is 14.8. The fourth-order valence-electron chi connectivity index (χ4n) is 1.04. The average molecular weight is 219 g/mol. The summed E-state index contributed by atoms with van der Waals surface area (Å²) in [4.78, 5) is 0. The molecule has 1 atom stereocenters. The van der Waals surface area contributed by atoms with Gasteiger partial charge in [-0.05, 0) is 40.2 Å². The molecule has 0 aliphatic carbocycles. The molecule has 0 heterocycles. The van der Waals surface area contributed by atoms with Gasteiger partial charge in [-0.2, -0.15) is 0 Å². The third-order valence-corrected chi connectivity index (χ3v) is 1.85. The monoisotopic (exact) mass is 219 g/mol. The van der Waals surface area contributed by atoms with Gasteiger partial charge in [-0.1, -0.05) is 0 Å². The molecule has 4 nitrogen and oxygen atoms in total. The molecule has 0 amide bonds. The van der Waals surface area contributed by atoms with Crippen molar-refractivity contribution in [2.45, 2.75) is 45.3 Å². The van der Waals surface area contributed by atoms with Crippen LogP contribution in [0.1, 0.15) is 33.6 Å². The number of ether oxygens (including phenoxy) is 1. The molecule has 15 heavy (non-hydrogen) atoms. The Balaban J connectivity index is 3.30. The van der Waals surface area contributed by atoms with Gasteiger partial charge >= 0.3 is 0 Å². The Bertz CT molecular complexity index is 145. The fourth-order valence-corrected chi connectivity index (χ4v) is 1.04. The number of unbranched alkanes of at least 4 members (excludes halogenated alkanes) is 1. The smallest absolute Gasteiger partial charge is 0.0897 e. The highest BCUT2D eigenvalue weighted by Crippen LogP contribution is 2.06. The van der Waals surface area contributed by atoms with Crippen molar-refractivity contribution in [2.24, 2.45) is 0 Å². The van der Waals surface area contributed by atoms with Gasteiger partial charge in [-0.15, -0.1) is 0 Å². The highest BCUT2D eigenvalue weighted by atomic mass is 16.5. The molecule has 0 radical (unpaired) electrons. The van der Waals surface area contributed by atoms with E-state index in [1.165, 1.54) is 0 Å². The van der Waals surface area contributed by atoms with Gasteiger partial charge in [-0.25, -0.2) is 0 Å². The average Bonchev–Trinajstić information content (AvgIpc) is 2.13. The van der Waals surface area contributed by atoms with Gasteiger partial charge in [0, 0.05) is 13.2 Å². The Morgan fingerprint density at radius 3 is 2.47 bits per heavy atom. The van der Waals surface area contributed by atoms with Crippen LogP contribution in [0, 0.1) is 0 Å². The van der Waals surface area contributed by atoms with Crippen molar-refractivity contribution >= 4 is 0 Å². The molecule has 1 unspecified atom stereocenters. The lowest BCUT2D eigenvalue weighted by Crippen LogP contribution is -2.34. The summed E-state index contributed by atoms with van der Waals surface area (Å²) in [7, 11) is 0. The Morgan fingerprint density at radius 1 is 1.27 bits per heavy atom. The van der Waals surface area contributed by atoms with Crippen LogP contribution in [0.4, 0.5) is 0 Å². The molecule has 0 aromatic rings. The molecule has 0 spiro atoms. The second-order valence-electron chi connectivity index (χ2n) is 4.71. The summed E-state index contributed by atoms with van der Waals surface area (Å²) in [6, 6.07) is 0. The van der Waals surface area contributed by atoms with Gasteiger partial charge in [0.05, 0.1) is 18.3 Å². The summed E-state index contributed by atoms with van der Waals surface area (Å²) >= 11 is 0. The molecule has 0 rings (SSSR count). The standard InChI is InChI=1S/C11H25NO3/c1-11(2,3)15-9-10(14)8-12-6-4-5-7-13/h10,12-14H,4-9H2,1-3H3. The van der Waals surface area contributed by atoms with Crippen molar-refractivity contribution in [2.75, 3.05) is 26.3 Å². The molecule has 4 heteroatoms. The predicted octanol–water partition coefficient (Wildman–Crippen LogP) is 0.524. The third kappa shape index (κ3) is 11.8. The number of aliphatic hydroxyl groups is 2. The molecule has 0 bridgehead atoms. The molecule has 0 aromatic carbocycles. The number of nitrogens with one attached hydrogen (secondary N) is 1. The number of rotatable bonds is 8. The highest BCUT2D eigenvalue weighted by molar-refractivity contribution is 4.64. The van der Waals surface area contributed by atoms with Crippen LogP contribution in [0.25, 0.3) is 0 Å². The van der Waals surface area contributed by atoms with Crippen LogP contribution in [-0.2, 0) is 4.74 Å². The first-order valence-corrected chi connectivity index (χ1v) is 5.59. The molecular formula is C11H25NO3. The van der Waals surface area contributed by atoms with Crippen molar-refractivity contribution in [1.82, 2.24) is 5.32 Å². The predicted molar refractivity (Wildman–Crippen MR) is 60.9 cm³/mol. The molecule has 0 fully saturated rings. The molecule has 3 N–H and O–H groups in total. The van der Waals surface area contributed by atoms with E-state index in [1.807, 2.05) is 20.8 Å². The summed E-state index contributed by atoms with van der Waals surface area (Å²) < 4.78 is 5.44. The van der Waals surface area contributed by atoms with Gasteiger partial charge in [0.25, 0.3) is 0 Å². The molecule has 0 aliphatic heterocycles. The van der Waals surface area contributed by atoms with Gasteiger partial charge < -0.3 is 20.3 Å². The summed E-state index contributed by atoms with van der Waals surface area (Å²) in [5.41, 5.74) is -0.197. The Hall–Kier alpha value is -0.160. The SMILES string of the molecule is CC(C)(C)OCC(O)CNCCCCO. The maximum Gasteiger partial charge on any atom is 0.0897 e. The largest absolute Gasteiger partial charge is 0.396 e. The third-order valence-electron chi connectivity index (χ3n) is 1.85. The summed E-state index contributed by atoms with van der Waals surface area (Å²) in [5, 5.41) is 21.2. The van der Waals surface area contributed by atoms with E-state index in [-0.39, 0.29) is 12.2 Å². The normalized spacial score (nSPS) is 14.2. The van der Waals surface area contributed by atoms with E-state index in [0.717, 1.165) is 19.4 Å². The van der Waals surface area contributed by atoms with Crippen LogP contribution in [0.3, 0.4) is 0 Å². The first-order chi connectivity index (χ1) is 6.95. The summed E-state index contributed by atoms with van der Waals surface area (Å²) in [5.74, 6) is 0. The minimum absolute atomic E-state index is 0.197. The van der Waals surface area contributed by atoms with Crippen molar-refractivity contribution in [3.63, 3.8) is 0 Å². The van der Waals surface area contributed by atoms with Crippen LogP contribution < -0.4 is 5.32 Å². The second kappa shape index (κ2) is 8.05. The summed E-state index contributed by atoms with van der Waals surface area (Å²) in [6.45, 7) is 7.86. The molecule has 0 aromatic heterocycles. The maximum absolute atomic E-state index is 9.53. The van der Waals surface area contributed by atoms with Crippen molar-refractivity contribution in [3.8, 4) is 0 Å². The van der Waals surface area contributed by atoms with Crippen LogP contribution >= 0.6 is 0 Å². The van der Waals surface area contributed by atoms with Crippen LogP contribution in [-0.4, -0.2) is 48.2 Å². The fraction of sp³-hybridized carbons (Fsp3) is 1.00. The maximum atomic E-state index is 9.53. The zero-order valence-corrected chi connectivity index (χ0v) is 10.1. The zero-order valence-electron chi connectivity index (χ0n) is 10.1. The first-order valence-electron chi connectivity index (χ1n) is 5.59. The van der Waals surface area contributed by atoms with E-state index in [1.54, 1.807) is 0 Å². The van der Waals surface area contributed by atoms with E-state index >= 15 is 0 Å². The Kier molecular flexibility index (Phi) is 7.96. The van der Waals surface area contributed by atoms with Crippen LogP contribution in [0.2, 0.25) is 0 Å². The molecular weight excluding hydrogens is 194 g/mol. The zero-order chi connectivity index (χ0) is 11.7. The Morgan fingerprint density at radius 2 is 1.93 bits per heavy atom. The van der Waals surface area contributed by atoms with E-state index in [9.17, 15) is 5.11 Å². The quantitative estimate of drug-likeness (QED) is 0.521. The lowest BCUT2D eigenvalue weighted by molar-refractivity contribution is -0.0478. The number of hydrogen-bond donors (Lipinski definition) is 3. The van der Waals surface area contributed by atoms with E-state index in [0.29, 0.717) is 13.2 Å². The Labute approximate surface area is 92.6 Å². The second-order valence-corrected chi connectivity index (χ2v) is 4.71. The van der Waals surface area contributed by atoms with Gasteiger partial charge in [0.2, 0.25) is 0 Å². The molecule has 0 saturated carbocycles. The van der Waals surface area contributed by atoms with Crippen molar-refractivity contribution in [1.29, 1.82) is 0 Å². The lowest BCUT2D eigenvalue weighted by Gasteiger charge is -2.22. The number of hydrogen-bond acceptors (Lipinski definition) is 4. The molecule has 0 saturated heterocycles. The van der Waals surface area contributed by atoms with Gasteiger partial charge in [0.15, 0.2) is 0 Å². The van der Waals surface area contributed by atoms with Crippen LogP contribution in [0.15, 0.2) is 0 Å². The minimum Gasteiger partial charge on any atom is -0.396 e. The van der Waals surface area contributed by atoms with E-state index < -0.39 is 6.10 Å². The minimum atomic E-state index is -0.460. The van der Waals surface area contributed by atoms with Crippen LogP contribution in [0.5, 0.6) is 0 Å². The van der Waals surface area contributed by atoms with E-state index in [4.69, 9.17) is 9.84 Å². The molecule has 0 aliphatic rings. The van der Waals surface area contributed by atoms with Crippen molar-refractivity contribution in [3.05, 3.63) is 0 Å². The van der Waals surface area contributed by atoms with Gasteiger partial charge in [0.1, 0.15) is 0 Å². The molecule has 92 valence electrons. The lowest BCUT2D eigenvalue weighted by atomic mass is 10.2. The highest BCUT2D eigenvalue weighted by Gasteiger charge is 2.12. The van der Waals surface area contributed by atoms with E-state index in [2.05, 4.69) is 5.32 Å². The van der Waals surface area contributed by atoms with Crippen molar-refractivity contribution < 1.29 is 14.9 Å². The van der Waals surface area contributed by atoms with Gasteiger partial charge in [-0.3, -0.25) is 0 Å². The summed E-state index contributed by atoms with van der Waals surface area (Å²) in [6.07, 6.45) is 1.28. The number of aliphatic hydroxyl groups excluding tert-OH is 2. The topological polar surface area (TPSA) is 61.7 Å².